The van der Waals surface area contributed by atoms with Gasteiger partial charge in [-0.1, -0.05) is 0 Å². The van der Waals surface area contributed by atoms with Crippen molar-refractivity contribution in [3.63, 3.8) is 0 Å². The van der Waals surface area contributed by atoms with Gasteiger partial charge in [0.05, 0.1) is 9.90 Å². The molecular formula is C10H11FIN3. The van der Waals surface area contributed by atoms with Crippen molar-refractivity contribution < 1.29 is 4.39 Å². The van der Waals surface area contributed by atoms with E-state index in [0.29, 0.717) is 0 Å². The summed E-state index contributed by atoms with van der Waals surface area (Å²) < 4.78 is 14.1. The minimum absolute atomic E-state index is 0.294. The number of nitrogens with one attached hydrogen (secondary N) is 1. The summed E-state index contributed by atoms with van der Waals surface area (Å²) in [6.45, 7) is 0.781. The lowest BCUT2D eigenvalue weighted by molar-refractivity contribution is 0.403. The number of nitrogens with zero attached hydrogens (tertiary/aromatic N) is 2. The van der Waals surface area contributed by atoms with Gasteiger partial charge in [0, 0.05) is 17.5 Å². The highest BCUT2D eigenvalue weighted by molar-refractivity contribution is 14.1. The highest BCUT2D eigenvalue weighted by atomic mass is 127. The van der Waals surface area contributed by atoms with Crippen LogP contribution in [-0.4, -0.2) is 29.0 Å². The van der Waals surface area contributed by atoms with E-state index in [1.165, 1.54) is 12.3 Å². The van der Waals surface area contributed by atoms with E-state index >= 15 is 0 Å². The number of rotatable bonds is 2. The number of pyridine rings is 1. The largest absolute Gasteiger partial charge is 0.334 e. The van der Waals surface area contributed by atoms with Gasteiger partial charge in [0.2, 0.25) is 0 Å². The fourth-order valence-electron chi connectivity index (χ4n) is 1.54. The normalized spacial score (nSPS) is 11.5. The van der Waals surface area contributed by atoms with Crippen molar-refractivity contribution in [2.45, 2.75) is 6.54 Å². The van der Waals surface area contributed by atoms with E-state index < -0.39 is 0 Å². The molecule has 0 radical (unpaired) electrons. The number of hydrogen-bond donors (Lipinski definition) is 1. The van der Waals surface area contributed by atoms with Crippen LogP contribution in [0.3, 0.4) is 0 Å². The predicted molar refractivity (Wildman–Crippen MR) is 66.2 cm³/mol. The minimum atomic E-state index is -0.294. The third-order valence-corrected chi connectivity index (χ3v) is 3.07. The Balaban J connectivity index is 2.60. The molecule has 2 aromatic rings. The van der Waals surface area contributed by atoms with Gasteiger partial charge in [0.15, 0.2) is 0 Å². The summed E-state index contributed by atoms with van der Waals surface area (Å²) in [5, 5.41) is 0.869. The lowest BCUT2D eigenvalue weighted by atomic mass is 10.2. The van der Waals surface area contributed by atoms with Gasteiger partial charge in [-0.3, -0.25) is 0 Å². The molecule has 1 N–H and O–H groups in total. The van der Waals surface area contributed by atoms with E-state index in [2.05, 4.69) is 37.5 Å². The molecule has 0 aromatic carbocycles. The first-order valence-electron chi connectivity index (χ1n) is 4.54. The SMILES string of the molecule is CN(C)Cc1c(I)[nH]c2ncc(F)cc12. The summed E-state index contributed by atoms with van der Waals surface area (Å²) in [4.78, 5) is 9.21. The summed E-state index contributed by atoms with van der Waals surface area (Å²) in [5.74, 6) is -0.294. The zero-order valence-electron chi connectivity index (χ0n) is 8.51. The smallest absolute Gasteiger partial charge is 0.142 e. The molecule has 0 aliphatic rings. The molecule has 15 heavy (non-hydrogen) atoms. The standard InChI is InChI=1S/C10H11FIN3/c1-15(2)5-8-7-3-6(11)4-13-10(7)14-9(8)12/h3-4H,5H2,1-2H3,(H,13,14). The Morgan fingerprint density at radius 2 is 2.27 bits per heavy atom. The molecule has 2 rings (SSSR count). The van der Waals surface area contributed by atoms with Gasteiger partial charge < -0.3 is 9.88 Å². The molecule has 0 aliphatic carbocycles. The van der Waals surface area contributed by atoms with Crippen LogP contribution in [0.25, 0.3) is 11.0 Å². The van der Waals surface area contributed by atoms with Gasteiger partial charge in [-0.25, -0.2) is 9.37 Å². The van der Waals surface area contributed by atoms with Crippen LogP contribution in [0.5, 0.6) is 0 Å². The van der Waals surface area contributed by atoms with Crippen molar-refractivity contribution in [2.75, 3.05) is 14.1 Å². The molecule has 2 heterocycles. The van der Waals surface area contributed by atoms with E-state index in [1.54, 1.807) is 0 Å². The molecule has 0 bridgehead atoms. The number of aromatic amines is 1. The van der Waals surface area contributed by atoms with Crippen LogP contribution in [0.2, 0.25) is 0 Å². The molecule has 0 saturated carbocycles. The Morgan fingerprint density at radius 1 is 1.53 bits per heavy atom. The van der Waals surface area contributed by atoms with Gasteiger partial charge in [-0.05, 0) is 42.8 Å². The van der Waals surface area contributed by atoms with Crippen molar-refractivity contribution >= 4 is 33.6 Å². The highest BCUT2D eigenvalue weighted by Gasteiger charge is 2.11. The lowest BCUT2D eigenvalue weighted by Crippen LogP contribution is -2.11. The number of H-pyrrole nitrogens is 1. The van der Waals surface area contributed by atoms with Crippen molar-refractivity contribution in [2.24, 2.45) is 0 Å². The summed E-state index contributed by atoms with van der Waals surface area (Å²) >= 11 is 2.21. The van der Waals surface area contributed by atoms with Crippen LogP contribution >= 0.6 is 22.6 Å². The predicted octanol–water partition coefficient (Wildman–Crippen LogP) is 2.37. The molecule has 80 valence electrons. The first-order chi connectivity index (χ1) is 7.08. The Morgan fingerprint density at radius 3 is 2.93 bits per heavy atom. The molecule has 0 unspecified atom stereocenters. The van der Waals surface area contributed by atoms with Gasteiger partial charge in [-0.2, -0.15) is 0 Å². The molecule has 3 nitrogen and oxygen atoms in total. The summed E-state index contributed by atoms with van der Waals surface area (Å²) in [7, 11) is 3.98. The van der Waals surface area contributed by atoms with Gasteiger partial charge in [0.1, 0.15) is 11.5 Å². The Hall–Kier alpha value is -0.690. The van der Waals surface area contributed by atoms with Crippen LogP contribution in [0.1, 0.15) is 5.56 Å². The number of hydrogen-bond acceptors (Lipinski definition) is 2. The number of halogens is 2. The van der Waals surface area contributed by atoms with Crippen LogP contribution in [0.15, 0.2) is 12.3 Å². The highest BCUT2D eigenvalue weighted by Crippen LogP contribution is 2.23. The monoisotopic (exact) mass is 319 g/mol. The second-order valence-corrected chi connectivity index (χ2v) is 4.78. The van der Waals surface area contributed by atoms with Crippen molar-refractivity contribution in [1.29, 1.82) is 0 Å². The summed E-state index contributed by atoms with van der Waals surface area (Å²) in [6.07, 6.45) is 1.23. The molecule has 2 aromatic heterocycles. The maximum Gasteiger partial charge on any atom is 0.142 e. The van der Waals surface area contributed by atoms with Gasteiger partial charge >= 0.3 is 0 Å². The average molecular weight is 319 g/mol. The van der Waals surface area contributed by atoms with Gasteiger partial charge in [-0.15, -0.1) is 0 Å². The Labute approximate surface area is 101 Å². The number of aromatic nitrogens is 2. The average Bonchev–Trinajstić information content (AvgIpc) is 2.43. The van der Waals surface area contributed by atoms with Crippen molar-refractivity contribution in [3.8, 4) is 0 Å². The second kappa shape index (κ2) is 4.05. The van der Waals surface area contributed by atoms with Crippen LogP contribution < -0.4 is 0 Å². The zero-order chi connectivity index (χ0) is 11.0. The molecule has 0 aliphatic heterocycles. The van der Waals surface area contributed by atoms with Crippen LogP contribution in [-0.2, 0) is 6.54 Å². The third kappa shape index (κ3) is 2.12. The molecule has 0 amide bonds. The van der Waals surface area contributed by atoms with Crippen molar-refractivity contribution in [3.05, 3.63) is 27.3 Å². The van der Waals surface area contributed by atoms with Crippen LogP contribution in [0.4, 0.5) is 4.39 Å². The van der Waals surface area contributed by atoms with Gasteiger partial charge in [0.25, 0.3) is 0 Å². The lowest BCUT2D eigenvalue weighted by Gasteiger charge is -2.08. The quantitative estimate of drug-likeness (QED) is 0.862. The van der Waals surface area contributed by atoms with E-state index in [9.17, 15) is 4.39 Å². The molecule has 5 heteroatoms. The molecule has 0 saturated heterocycles. The first kappa shape index (κ1) is 10.8. The zero-order valence-corrected chi connectivity index (χ0v) is 10.7. The maximum absolute atomic E-state index is 13.1. The Bertz CT molecular complexity index is 493. The summed E-state index contributed by atoms with van der Waals surface area (Å²) in [6, 6.07) is 1.53. The first-order valence-corrected chi connectivity index (χ1v) is 5.62. The fourth-order valence-corrected chi connectivity index (χ4v) is 2.25. The number of fused-ring (bicyclic) bond motifs is 1. The molecule has 0 spiro atoms. The van der Waals surface area contributed by atoms with Crippen molar-refractivity contribution in [1.82, 2.24) is 14.9 Å². The van der Waals surface area contributed by atoms with Crippen LogP contribution in [0, 0.1) is 9.52 Å². The van der Waals surface area contributed by atoms with E-state index in [0.717, 1.165) is 26.8 Å². The van der Waals surface area contributed by atoms with E-state index in [-0.39, 0.29) is 5.82 Å². The molecule has 0 fully saturated rings. The topological polar surface area (TPSA) is 31.9 Å². The molecule has 0 atom stereocenters. The third-order valence-electron chi connectivity index (χ3n) is 2.15. The minimum Gasteiger partial charge on any atom is -0.334 e. The fraction of sp³-hybridized carbons (Fsp3) is 0.300. The Kier molecular flexibility index (Phi) is 2.92. The molecular weight excluding hydrogens is 308 g/mol. The maximum atomic E-state index is 13.1. The summed E-state index contributed by atoms with van der Waals surface area (Å²) in [5.41, 5.74) is 1.85. The van der Waals surface area contributed by atoms with E-state index in [1.807, 2.05) is 14.1 Å². The second-order valence-electron chi connectivity index (χ2n) is 3.71. The van der Waals surface area contributed by atoms with E-state index in [4.69, 9.17) is 0 Å².